The van der Waals surface area contributed by atoms with Crippen LogP contribution in [0.5, 0.6) is 5.75 Å². The number of benzene rings is 3. The summed E-state index contributed by atoms with van der Waals surface area (Å²) in [7, 11) is 0. The second-order valence-corrected chi connectivity index (χ2v) is 18.8. The number of carbonyl (C=O) groups is 2. The molecule has 7 heteroatoms. The van der Waals surface area contributed by atoms with Crippen molar-refractivity contribution in [2.45, 2.75) is 107 Å². The fourth-order valence-electron chi connectivity index (χ4n) is 12.7. The molecule has 4 bridgehead atoms. The van der Waals surface area contributed by atoms with Gasteiger partial charge in [0.2, 0.25) is 0 Å². The van der Waals surface area contributed by atoms with Gasteiger partial charge < -0.3 is 31.0 Å². The van der Waals surface area contributed by atoms with Gasteiger partial charge in [0, 0.05) is 33.8 Å². The zero-order valence-corrected chi connectivity index (χ0v) is 34.5. The van der Waals surface area contributed by atoms with Crippen molar-refractivity contribution in [3.8, 4) is 5.75 Å². The number of phenols is 1. The highest BCUT2D eigenvalue weighted by Gasteiger charge is 2.54. The van der Waals surface area contributed by atoms with Crippen LogP contribution >= 0.6 is 0 Å². The first-order valence-electron chi connectivity index (χ1n) is 22.4. The molecule has 9 rings (SSSR count). The van der Waals surface area contributed by atoms with Crippen LogP contribution < -0.4 is 16.2 Å². The minimum atomic E-state index is -0.899. The summed E-state index contributed by atoms with van der Waals surface area (Å²) in [5.74, 6) is -1.28. The monoisotopic (exact) mass is 797 g/mol. The maximum absolute atomic E-state index is 13.8. The number of phenolic OH excluding ortho intramolecular Hbond substituents is 1. The number of carboxylic acids is 1. The van der Waals surface area contributed by atoms with Gasteiger partial charge in [-0.3, -0.25) is 4.79 Å². The Balaban J connectivity index is 1.14. The van der Waals surface area contributed by atoms with E-state index in [0.29, 0.717) is 31.1 Å². The Labute approximate surface area is 349 Å². The Morgan fingerprint density at radius 1 is 0.881 bits per heavy atom. The van der Waals surface area contributed by atoms with Crippen molar-refractivity contribution in [1.82, 2.24) is 0 Å². The standard InChI is InChI=1S/C52H63NO6/c53-24-21-34-13-14-37(25-34)40(32-54)9-2-1-3-10-43-27-35-19-22-51(43,42-15-17-45(56)18-16-42)30-36-7-6-11-44(28-36)52(48(50(58)59)41(26-35)33-55)23-20-39-29-38-8-4-5-12-46(38)49(57)47(39)31-52/h4-8,11-12,15-18,25-26,28-29,32,37,39-41,43,47-48,55-57H,1-3,9-10,13-14,19-24,27,30-31,33,53H2,(H,58,59). The van der Waals surface area contributed by atoms with Gasteiger partial charge in [-0.05, 0) is 135 Å². The molecule has 312 valence electrons. The number of rotatable bonds is 13. The number of aromatic hydroxyl groups is 1. The van der Waals surface area contributed by atoms with Crippen molar-refractivity contribution in [3.05, 3.63) is 123 Å². The van der Waals surface area contributed by atoms with Crippen molar-refractivity contribution in [3.63, 3.8) is 0 Å². The Bertz CT molecular complexity index is 2190. The zero-order valence-electron chi connectivity index (χ0n) is 34.5. The van der Waals surface area contributed by atoms with E-state index in [0.717, 1.165) is 99.5 Å². The molecule has 9 atom stereocenters. The van der Waals surface area contributed by atoms with Gasteiger partial charge in [-0.1, -0.05) is 109 Å². The fraction of sp³-hybridized carbons (Fsp3) is 0.500. The molecule has 6 aliphatic rings. The second kappa shape index (κ2) is 17.6. The molecule has 6 N–H and O–H groups in total. The highest BCUT2D eigenvalue weighted by atomic mass is 16.4. The van der Waals surface area contributed by atoms with Crippen LogP contribution in [0, 0.1) is 41.4 Å². The summed E-state index contributed by atoms with van der Waals surface area (Å²) in [5, 5.41) is 46.7. The van der Waals surface area contributed by atoms with E-state index in [9.17, 15) is 30.0 Å². The number of hydrogen-bond donors (Lipinski definition) is 5. The molecule has 9 unspecified atom stereocenters. The molecule has 59 heavy (non-hydrogen) atoms. The van der Waals surface area contributed by atoms with Gasteiger partial charge in [-0.15, -0.1) is 0 Å². The minimum absolute atomic E-state index is 0.0493. The SMILES string of the molecule is NCCC1=CC(C(C=O)CCCCCC2CC3=CC(CO)C(C(=O)O)C4(CCC5C=c6ccccc6=C(O)C5C4)c4cccc(c4)CC2(c2ccc(O)cc2)CC3)CC1. The molecule has 2 saturated carbocycles. The number of aliphatic hydroxyl groups is 2. The lowest BCUT2D eigenvalue weighted by molar-refractivity contribution is -0.148. The summed E-state index contributed by atoms with van der Waals surface area (Å²) in [6, 6.07) is 24.4. The first kappa shape index (κ1) is 41.3. The van der Waals surface area contributed by atoms with Crippen LogP contribution in [0.25, 0.3) is 11.8 Å². The first-order chi connectivity index (χ1) is 28.7. The van der Waals surface area contributed by atoms with Crippen molar-refractivity contribution in [2.24, 2.45) is 47.2 Å². The largest absolute Gasteiger partial charge is 0.511 e. The highest BCUT2D eigenvalue weighted by Crippen LogP contribution is 2.56. The molecule has 2 fully saturated rings. The highest BCUT2D eigenvalue weighted by molar-refractivity contribution is 5.74. The van der Waals surface area contributed by atoms with Crippen LogP contribution in [0.1, 0.15) is 107 Å². The molecule has 1 spiro atoms. The molecule has 0 aromatic heterocycles. The molecular weight excluding hydrogens is 735 g/mol. The zero-order chi connectivity index (χ0) is 41.1. The number of aliphatic hydroxyl groups excluding tert-OH is 2. The Kier molecular flexibility index (Phi) is 12.3. The summed E-state index contributed by atoms with van der Waals surface area (Å²) < 4.78 is 0. The number of hydrogen-bond acceptors (Lipinski definition) is 6. The molecular formula is C52H63NO6. The number of carboxylic acid groups (broad SMARTS) is 1. The number of aldehydes is 1. The van der Waals surface area contributed by atoms with E-state index in [1.807, 2.05) is 36.4 Å². The summed E-state index contributed by atoms with van der Waals surface area (Å²) in [6.45, 7) is 0.386. The van der Waals surface area contributed by atoms with E-state index in [-0.39, 0.29) is 41.4 Å². The predicted octanol–water partition coefficient (Wildman–Crippen LogP) is 8.19. The van der Waals surface area contributed by atoms with Gasteiger partial charge >= 0.3 is 5.97 Å². The maximum atomic E-state index is 13.8. The number of fused-ring (bicyclic) bond motifs is 6. The number of allylic oxidation sites excluding steroid dienone is 2. The van der Waals surface area contributed by atoms with Crippen molar-refractivity contribution in [1.29, 1.82) is 0 Å². The van der Waals surface area contributed by atoms with Gasteiger partial charge in [-0.25, -0.2) is 0 Å². The first-order valence-corrected chi connectivity index (χ1v) is 22.4. The van der Waals surface area contributed by atoms with E-state index in [1.54, 1.807) is 0 Å². The summed E-state index contributed by atoms with van der Waals surface area (Å²) in [6.07, 6.45) is 21.0. The van der Waals surface area contributed by atoms with Crippen molar-refractivity contribution < 1.29 is 30.0 Å². The second-order valence-electron chi connectivity index (χ2n) is 18.8. The van der Waals surface area contributed by atoms with Crippen LogP contribution in [0.15, 0.2) is 96.1 Å². The van der Waals surface area contributed by atoms with Crippen LogP contribution in [0.3, 0.4) is 0 Å². The minimum Gasteiger partial charge on any atom is -0.511 e. The van der Waals surface area contributed by atoms with Crippen molar-refractivity contribution >= 4 is 24.1 Å². The number of aliphatic carboxylic acids is 1. The topological polar surface area (TPSA) is 141 Å². The molecule has 3 aromatic rings. The van der Waals surface area contributed by atoms with E-state index in [1.165, 1.54) is 28.6 Å². The van der Waals surface area contributed by atoms with Crippen LogP contribution in [0.4, 0.5) is 0 Å². The van der Waals surface area contributed by atoms with Gasteiger partial charge in [0.05, 0.1) is 12.5 Å². The predicted molar refractivity (Wildman–Crippen MR) is 233 cm³/mol. The third-order valence-corrected chi connectivity index (χ3v) is 15.6. The summed E-state index contributed by atoms with van der Waals surface area (Å²) in [5.41, 5.74) is 10.8. The van der Waals surface area contributed by atoms with E-state index in [4.69, 9.17) is 5.73 Å². The van der Waals surface area contributed by atoms with Crippen LogP contribution in [-0.4, -0.2) is 45.8 Å². The molecule has 7 nitrogen and oxygen atoms in total. The lowest BCUT2D eigenvalue weighted by Gasteiger charge is -2.51. The number of carbonyl (C=O) groups excluding carboxylic acids is 1. The van der Waals surface area contributed by atoms with Gasteiger partial charge in [0.25, 0.3) is 0 Å². The van der Waals surface area contributed by atoms with Gasteiger partial charge in [-0.2, -0.15) is 0 Å². The third kappa shape index (κ3) is 8.10. The number of unbranched alkanes of at least 4 members (excludes halogenated alkanes) is 2. The Hall–Kier alpha value is -4.46. The fourth-order valence-corrected chi connectivity index (χ4v) is 12.7. The normalized spacial score (nSPS) is 30.5. The van der Waals surface area contributed by atoms with E-state index >= 15 is 0 Å². The molecule has 6 aliphatic carbocycles. The van der Waals surface area contributed by atoms with Crippen molar-refractivity contribution in [2.75, 3.05) is 13.2 Å². The lowest BCUT2D eigenvalue weighted by atomic mass is 9.52. The lowest BCUT2D eigenvalue weighted by Crippen LogP contribution is -2.51. The smallest absolute Gasteiger partial charge is 0.308 e. The third-order valence-electron chi connectivity index (χ3n) is 15.6. The molecule has 0 radical (unpaired) electrons. The van der Waals surface area contributed by atoms with Gasteiger partial charge in [0.1, 0.15) is 17.8 Å². The van der Waals surface area contributed by atoms with Crippen LogP contribution in [0.2, 0.25) is 0 Å². The quantitative estimate of drug-likeness (QED) is 0.0668. The molecule has 0 amide bonds. The molecule has 3 aromatic carbocycles. The molecule has 0 heterocycles. The summed E-state index contributed by atoms with van der Waals surface area (Å²) >= 11 is 0. The van der Waals surface area contributed by atoms with Crippen LogP contribution in [-0.2, 0) is 26.8 Å². The number of nitrogens with two attached hydrogens (primary N) is 1. The average Bonchev–Trinajstić information content (AvgIpc) is 3.71. The van der Waals surface area contributed by atoms with E-state index in [2.05, 4.69) is 54.6 Å². The maximum Gasteiger partial charge on any atom is 0.308 e. The molecule has 0 aliphatic heterocycles. The van der Waals surface area contributed by atoms with Gasteiger partial charge in [0.15, 0.2) is 0 Å². The van der Waals surface area contributed by atoms with E-state index < -0.39 is 23.2 Å². The Morgan fingerprint density at radius 3 is 2.49 bits per heavy atom. The molecule has 0 saturated heterocycles. The average molecular weight is 798 g/mol. The summed E-state index contributed by atoms with van der Waals surface area (Å²) in [4.78, 5) is 26.0. The Morgan fingerprint density at radius 2 is 1.71 bits per heavy atom.